The summed E-state index contributed by atoms with van der Waals surface area (Å²) in [7, 11) is 0. The minimum atomic E-state index is 0.589. The smallest absolute Gasteiger partial charge is 0.164 e. The van der Waals surface area contributed by atoms with E-state index in [4.69, 9.17) is 19.4 Å². The summed E-state index contributed by atoms with van der Waals surface area (Å²) in [4.78, 5) is 15.7. The standard InChI is InChI=1S/C49H29N3OS/c1-3-14-30(15-4-1)33-18-7-10-21-37(33)48-50-47(51-49(52-48)39-23-13-25-44-45(39)38-22-11-12-24-43(38)54-44)32-26-27-35-41-29-40(31-16-5-2-6-17-31)34-19-8-9-20-36(34)46(41)53-42(35)28-32/h1-29H. The maximum atomic E-state index is 6.75. The van der Waals surface area contributed by atoms with Crippen LogP contribution in [0.2, 0.25) is 0 Å². The highest BCUT2D eigenvalue weighted by Gasteiger charge is 2.20. The van der Waals surface area contributed by atoms with Crippen molar-refractivity contribution in [1.82, 2.24) is 15.0 Å². The van der Waals surface area contributed by atoms with Gasteiger partial charge in [-0.15, -0.1) is 11.3 Å². The van der Waals surface area contributed by atoms with Crippen LogP contribution in [0.5, 0.6) is 0 Å². The van der Waals surface area contributed by atoms with Gasteiger partial charge >= 0.3 is 0 Å². The molecule has 54 heavy (non-hydrogen) atoms. The normalized spacial score (nSPS) is 11.7. The molecule has 0 saturated carbocycles. The van der Waals surface area contributed by atoms with Crippen molar-refractivity contribution in [2.75, 3.05) is 0 Å². The maximum absolute atomic E-state index is 6.75. The third-order valence-electron chi connectivity index (χ3n) is 10.4. The number of aromatic nitrogens is 3. The molecule has 0 aliphatic heterocycles. The lowest BCUT2D eigenvalue weighted by atomic mass is 9.95. The predicted octanol–water partition coefficient (Wildman–Crippen LogP) is 13.6. The fraction of sp³-hybridized carbons (Fsp3) is 0. The van der Waals surface area contributed by atoms with Crippen molar-refractivity contribution in [3.05, 3.63) is 176 Å². The number of hydrogen-bond donors (Lipinski definition) is 0. The SMILES string of the molecule is c1ccc(-c2ccccc2-c2nc(-c3ccc4c(c3)oc3c5ccccc5c(-c5ccccc5)cc43)nc(-c3cccc4sc5ccccc5c34)n2)cc1. The number of nitrogens with zero attached hydrogens (tertiary/aromatic N) is 3. The molecule has 0 spiro atoms. The molecular weight excluding hydrogens is 679 g/mol. The summed E-state index contributed by atoms with van der Waals surface area (Å²) in [5.41, 5.74) is 8.98. The number of hydrogen-bond acceptors (Lipinski definition) is 5. The van der Waals surface area contributed by atoms with Crippen LogP contribution in [-0.2, 0) is 0 Å². The van der Waals surface area contributed by atoms with Gasteiger partial charge in [0.25, 0.3) is 0 Å². The molecule has 0 fully saturated rings. The number of fused-ring (bicyclic) bond motifs is 8. The number of furan rings is 1. The van der Waals surface area contributed by atoms with Crippen LogP contribution in [0.1, 0.15) is 0 Å². The van der Waals surface area contributed by atoms with Gasteiger partial charge in [-0.05, 0) is 58.0 Å². The Morgan fingerprint density at radius 2 is 0.944 bits per heavy atom. The molecule has 252 valence electrons. The van der Waals surface area contributed by atoms with Gasteiger partial charge in [0.2, 0.25) is 0 Å². The molecule has 0 bridgehead atoms. The first kappa shape index (κ1) is 30.7. The van der Waals surface area contributed by atoms with Crippen molar-refractivity contribution in [2.24, 2.45) is 0 Å². The summed E-state index contributed by atoms with van der Waals surface area (Å²) in [6.07, 6.45) is 0. The van der Waals surface area contributed by atoms with Crippen molar-refractivity contribution in [1.29, 1.82) is 0 Å². The molecule has 5 heteroatoms. The summed E-state index contributed by atoms with van der Waals surface area (Å²) in [6, 6.07) is 61.4. The van der Waals surface area contributed by atoms with Crippen LogP contribution in [0.15, 0.2) is 180 Å². The van der Waals surface area contributed by atoms with E-state index in [-0.39, 0.29) is 0 Å². The van der Waals surface area contributed by atoms with Crippen molar-refractivity contribution < 1.29 is 4.42 Å². The average molecular weight is 708 g/mol. The zero-order chi connectivity index (χ0) is 35.6. The summed E-state index contributed by atoms with van der Waals surface area (Å²) in [6.45, 7) is 0. The van der Waals surface area contributed by atoms with Crippen LogP contribution in [-0.4, -0.2) is 15.0 Å². The van der Waals surface area contributed by atoms with Gasteiger partial charge in [0.15, 0.2) is 17.5 Å². The van der Waals surface area contributed by atoms with Gasteiger partial charge in [-0.2, -0.15) is 0 Å². The lowest BCUT2D eigenvalue weighted by Crippen LogP contribution is -2.01. The Morgan fingerprint density at radius 3 is 1.74 bits per heavy atom. The van der Waals surface area contributed by atoms with Crippen molar-refractivity contribution in [2.45, 2.75) is 0 Å². The highest BCUT2D eigenvalue weighted by Crippen LogP contribution is 2.42. The van der Waals surface area contributed by atoms with Crippen LogP contribution < -0.4 is 0 Å². The van der Waals surface area contributed by atoms with Crippen molar-refractivity contribution in [3.8, 4) is 56.4 Å². The van der Waals surface area contributed by atoms with Gasteiger partial charge in [-0.1, -0.05) is 146 Å². The lowest BCUT2D eigenvalue weighted by molar-refractivity contribution is 0.673. The van der Waals surface area contributed by atoms with Crippen LogP contribution in [0, 0.1) is 0 Å². The molecular formula is C49H29N3OS. The second-order valence-corrected chi connectivity index (χ2v) is 14.6. The highest BCUT2D eigenvalue weighted by atomic mass is 32.1. The lowest BCUT2D eigenvalue weighted by Gasteiger charge is -2.12. The molecule has 4 nitrogen and oxygen atoms in total. The van der Waals surface area contributed by atoms with E-state index < -0.39 is 0 Å². The van der Waals surface area contributed by atoms with E-state index in [9.17, 15) is 0 Å². The van der Waals surface area contributed by atoms with E-state index in [0.717, 1.165) is 65.9 Å². The Bertz CT molecular complexity index is 3220. The Hall–Kier alpha value is -6.95. The van der Waals surface area contributed by atoms with E-state index in [2.05, 4.69) is 164 Å². The van der Waals surface area contributed by atoms with Crippen molar-refractivity contribution >= 4 is 64.2 Å². The van der Waals surface area contributed by atoms with E-state index >= 15 is 0 Å². The molecule has 0 atom stereocenters. The summed E-state index contributed by atoms with van der Waals surface area (Å²) in [5.74, 6) is 1.84. The summed E-state index contributed by atoms with van der Waals surface area (Å²) < 4.78 is 9.19. The van der Waals surface area contributed by atoms with Crippen LogP contribution in [0.3, 0.4) is 0 Å². The summed E-state index contributed by atoms with van der Waals surface area (Å²) >= 11 is 1.79. The number of thiophene rings is 1. The Morgan fingerprint density at radius 1 is 0.352 bits per heavy atom. The molecule has 0 saturated heterocycles. The minimum Gasteiger partial charge on any atom is -0.455 e. The molecule has 8 aromatic carbocycles. The first-order chi connectivity index (χ1) is 26.8. The largest absolute Gasteiger partial charge is 0.455 e. The van der Waals surface area contributed by atoms with E-state index in [1.807, 2.05) is 12.1 Å². The molecule has 0 aliphatic carbocycles. The van der Waals surface area contributed by atoms with Crippen LogP contribution in [0.25, 0.3) is 109 Å². The molecule has 3 heterocycles. The quantitative estimate of drug-likeness (QED) is 0.179. The zero-order valence-corrected chi connectivity index (χ0v) is 29.7. The van der Waals surface area contributed by atoms with Gasteiger partial charge in [-0.3, -0.25) is 0 Å². The molecule has 11 rings (SSSR count). The van der Waals surface area contributed by atoms with Gasteiger partial charge in [-0.25, -0.2) is 15.0 Å². The van der Waals surface area contributed by atoms with E-state index in [1.54, 1.807) is 11.3 Å². The molecule has 0 radical (unpaired) electrons. The monoisotopic (exact) mass is 707 g/mol. The Labute approximate surface area is 314 Å². The fourth-order valence-electron chi connectivity index (χ4n) is 7.85. The first-order valence-electron chi connectivity index (χ1n) is 18.0. The molecule has 0 aliphatic rings. The van der Waals surface area contributed by atoms with Gasteiger partial charge in [0, 0.05) is 53.0 Å². The first-order valence-corrected chi connectivity index (χ1v) is 18.8. The average Bonchev–Trinajstić information content (AvgIpc) is 3.82. The second kappa shape index (κ2) is 12.3. The van der Waals surface area contributed by atoms with Crippen LogP contribution in [0.4, 0.5) is 0 Å². The second-order valence-electron chi connectivity index (χ2n) is 13.5. The number of rotatable bonds is 5. The Balaban J connectivity index is 1.15. The van der Waals surface area contributed by atoms with Crippen LogP contribution >= 0.6 is 11.3 Å². The molecule has 0 unspecified atom stereocenters. The molecule has 0 amide bonds. The van der Waals surface area contributed by atoms with Gasteiger partial charge in [0.05, 0.1) is 0 Å². The third kappa shape index (κ3) is 4.94. The number of benzene rings is 8. The molecule has 0 N–H and O–H groups in total. The van der Waals surface area contributed by atoms with Gasteiger partial charge in [0.1, 0.15) is 11.2 Å². The third-order valence-corrected chi connectivity index (χ3v) is 11.5. The minimum absolute atomic E-state index is 0.589. The summed E-state index contributed by atoms with van der Waals surface area (Å²) in [5, 5.41) is 6.74. The van der Waals surface area contributed by atoms with E-state index in [0.29, 0.717) is 17.5 Å². The fourth-order valence-corrected chi connectivity index (χ4v) is 8.98. The van der Waals surface area contributed by atoms with E-state index in [1.165, 1.54) is 25.9 Å². The zero-order valence-electron chi connectivity index (χ0n) is 28.9. The van der Waals surface area contributed by atoms with Gasteiger partial charge < -0.3 is 4.42 Å². The maximum Gasteiger partial charge on any atom is 0.164 e. The Kier molecular flexibility index (Phi) is 7.00. The predicted molar refractivity (Wildman–Crippen MR) is 225 cm³/mol. The van der Waals surface area contributed by atoms with Crippen molar-refractivity contribution in [3.63, 3.8) is 0 Å². The topological polar surface area (TPSA) is 51.8 Å². The molecule has 11 aromatic rings. The highest BCUT2D eigenvalue weighted by molar-refractivity contribution is 7.25. The molecule has 3 aromatic heterocycles.